The Morgan fingerprint density at radius 1 is 0.619 bits per heavy atom. The number of rotatable bonds is 1. The number of hydrogen-bond acceptors (Lipinski definition) is 1. The first kappa shape index (κ1) is 13.3. The molecule has 0 atom stereocenters. The van der Waals surface area contributed by atoms with Gasteiger partial charge in [-0.25, -0.2) is 0 Å². The van der Waals surface area contributed by atoms with E-state index in [9.17, 15) is 0 Å². The van der Waals surface area contributed by atoms with Gasteiger partial charge in [0.05, 0.1) is 11.0 Å². The van der Waals surface area contributed by atoms with Crippen LogP contribution < -0.4 is 5.73 Å². The lowest BCUT2D eigenvalue weighted by Crippen LogP contribution is -1.94. The summed E-state index contributed by atoms with van der Waals surface area (Å²) < 4.78 is 2.28. The Kier molecular flexibility index (Phi) is 3.15. The van der Waals surface area contributed by atoms with Crippen LogP contribution in [0.1, 0.15) is 7.43 Å². The zero-order valence-corrected chi connectivity index (χ0v) is 11.0. The summed E-state index contributed by atoms with van der Waals surface area (Å²) in [4.78, 5) is 0. The van der Waals surface area contributed by atoms with E-state index in [1.165, 1.54) is 21.8 Å². The zero-order valence-electron chi connectivity index (χ0n) is 11.0. The van der Waals surface area contributed by atoms with Crippen LogP contribution in [0, 0.1) is 0 Å². The molecule has 3 aromatic carbocycles. The lowest BCUT2D eigenvalue weighted by Gasteiger charge is -2.07. The average molecular weight is 274 g/mol. The third-order valence-electron chi connectivity index (χ3n) is 3.73. The van der Waals surface area contributed by atoms with Crippen LogP contribution in [0.5, 0.6) is 0 Å². The Morgan fingerprint density at radius 2 is 1.10 bits per heavy atom. The van der Waals surface area contributed by atoms with Crippen molar-refractivity contribution in [3.8, 4) is 5.69 Å². The van der Waals surface area contributed by atoms with Gasteiger partial charge in [-0.1, -0.05) is 43.8 Å². The SMILES string of the molecule is C.Nc1ccc(-n2c3ccccc3c3ccccc32)cc1. The highest BCUT2D eigenvalue weighted by atomic mass is 15.0. The number of para-hydroxylation sites is 2. The molecule has 0 aliphatic rings. The van der Waals surface area contributed by atoms with Crippen molar-refractivity contribution < 1.29 is 0 Å². The zero-order chi connectivity index (χ0) is 13.5. The maximum absolute atomic E-state index is 5.80. The fourth-order valence-electron chi connectivity index (χ4n) is 2.82. The van der Waals surface area contributed by atoms with Gasteiger partial charge >= 0.3 is 0 Å². The summed E-state index contributed by atoms with van der Waals surface area (Å²) in [6, 6.07) is 25.0. The van der Waals surface area contributed by atoms with Gasteiger partial charge in [-0.05, 0) is 36.4 Å². The first-order valence-electron chi connectivity index (χ1n) is 6.69. The maximum Gasteiger partial charge on any atom is 0.0541 e. The number of hydrogen-bond donors (Lipinski definition) is 1. The molecule has 2 N–H and O–H groups in total. The molecule has 2 heteroatoms. The quantitative estimate of drug-likeness (QED) is 0.486. The Balaban J connectivity index is 0.00000132. The summed E-state index contributed by atoms with van der Waals surface area (Å²) in [6.07, 6.45) is 0. The van der Waals surface area contributed by atoms with Crippen molar-refractivity contribution in [1.82, 2.24) is 4.57 Å². The van der Waals surface area contributed by atoms with Crippen LogP contribution in [0.2, 0.25) is 0 Å². The molecule has 0 saturated carbocycles. The van der Waals surface area contributed by atoms with Gasteiger partial charge in [-0.3, -0.25) is 0 Å². The van der Waals surface area contributed by atoms with E-state index in [0.29, 0.717) is 0 Å². The van der Waals surface area contributed by atoms with Gasteiger partial charge in [0, 0.05) is 22.1 Å². The second kappa shape index (κ2) is 4.98. The number of aromatic nitrogens is 1. The minimum Gasteiger partial charge on any atom is -0.399 e. The highest BCUT2D eigenvalue weighted by molar-refractivity contribution is 6.09. The largest absolute Gasteiger partial charge is 0.399 e. The smallest absolute Gasteiger partial charge is 0.0541 e. The van der Waals surface area contributed by atoms with Crippen molar-refractivity contribution in [2.75, 3.05) is 5.73 Å². The van der Waals surface area contributed by atoms with E-state index in [0.717, 1.165) is 11.4 Å². The predicted octanol–water partition coefficient (Wildman–Crippen LogP) is 5.00. The first-order valence-corrected chi connectivity index (χ1v) is 6.69. The predicted molar refractivity (Wildman–Crippen MR) is 91.9 cm³/mol. The van der Waals surface area contributed by atoms with Crippen LogP contribution in [-0.4, -0.2) is 4.57 Å². The van der Waals surface area contributed by atoms with Crippen molar-refractivity contribution in [3.05, 3.63) is 72.8 Å². The summed E-state index contributed by atoms with van der Waals surface area (Å²) >= 11 is 0. The Hall–Kier alpha value is -2.74. The van der Waals surface area contributed by atoms with Gasteiger partial charge in [0.25, 0.3) is 0 Å². The molecular formula is C19H18N2. The normalized spacial score (nSPS) is 10.7. The lowest BCUT2D eigenvalue weighted by atomic mass is 10.2. The fourth-order valence-corrected chi connectivity index (χ4v) is 2.82. The maximum atomic E-state index is 5.80. The van der Waals surface area contributed by atoms with E-state index >= 15 is 0 Å². The summed E-state index contributed by atoms with van der Waals surface area (Å²) in [5.41, 5.74) is 10.2. The molecule has 0 radical (unpaired) electrons. The lowest BCUT2D eigenvalue weighted by molar-refractivity contribution is 1.18. The molecule has 1 heterocycles. The van der Waals surface area contributed by atoms with E-state index in [2.05, 4.69) is 65.2 Å². The molecule has 0 spiro atoms. The number of benzene rings is 3. The number of fused-ring (bicyclic) bond motifs is 3. The van der Waals surface area contributed by atoms with Crippen molar-refractivity contribution in [1.29, 1.82) is 0 Å². The van der Waals surface area contributed by atoms with Gasteiger partial charge in [-0.15, -0.1) is 0 Å². The molecule has 0 fully saturated rings. The van der Waals surface area contributed by atoms with Crippen LogP contribution in [0.4, 0.5) is 5.69 Å². The second-order valence-corrected chi connectivity index (χ2v) is 4.96. The standard InChI is InChI=1S/C18H14N2.CH4/c19-13-9-11-14(12-10-13)20-17-7-3-1-5-15(17)16-6-2-4-8-18(16)20;/h1-12H,19H2;1H4. The monoisotopic (exact) mass is 274 g/mol. The Morgan fingerprint density at radius 3 is 1.62 bits per heavy atom. The molecule has 0 saturated heterocycles. The third kappa shape index (κ3) is 1.96. The molecule has 0 aliphatic heterocycles. The van der Waals surface area contributed by atoms with Crippen LogP contribution in [-0.2, 0) is 0 Å². The van der Waals surface area contributed by atoms with Crippen LogP contribution in [0.15, 0.2) is 72.8 Å². The summed E-state index contributed by atoms with van der Waals surface area (Å²) in [7, 11) is 0. The van der Waals surface area contributed by atoms with Crippen LogP contribution in [0.25, 0.3) is 27.5 Å². The molecule has 0 aliphatic carbocycles. The van der Waals surface area contributed by atoms with Gasteiger partial charge in [-0.2, -0.15) is 0 Å². The molecule has 0 amide bonds. The molecule has 4 rings (SSSR count). The highest BCUT2D eigenvalue weighted by Gasteiger charge is 2.10. The number of nitrogens with two attached hydrogens (primary N) is 1. The van der Waals surface area contributed by atoms with Crippen LogP contribution >= 0.6 is 0 Å². The average Bonchev–Trinajstić information content (AvgIpc) is 2.83. The van der Waals surface area contributed by atoms with Crippen LogP contribution in [0.3, 0.4) is 0 Å². The number of nitrogens with zero attached hydrogens (tertiary/aromatic N) is 1. The van der Waals surface area contributed by atoms with E-state index in [4.69, 9.17) is 5.73 Å². The van der Waals surface area contributed by atoms with E-state index < -0.39 is 0 Å². The molecule has 104 valence electrons. The van der Waals surface area contributed by atoms with Crippen molar-refractivity contribution in [2.24, 2.45) is 0 Å². The molecule has 2 nitrogen and oxygen atoms in total. The van der Waals surface area contributed by atoms with Crippen molar-refractivity contribution in [2.45, 2.75) is 7.43 Å². The molecule has 1 aromatic heterocycles. The molecule has 0 unspecified atom stereocenters. The number of nitrogen functional groups attached to an aromatic ring is 1. The molecular weight excluding hydrogens is 256 g/mol. The first-order chi connectivity index (χ1) is 9.84. The fraction of sp³-hybridized carbons (Fsp3) is 0.0526. The van der Waals surface area contributed by atoms with Crippen molar-refractivity contribution in [3.63, 3.8) is 0 Å². The van der Waals surface area contributed by atoms with Gasteiger partial charge < -0.3 is 10.3 Å². The topological polar surface area (TPSA) is 30.9 Å². The van der Waals surface area contributed by atoms with Gasteiger partial charge in [0.2, 0.25) is 0 Å². The van der Waals surface area contributed by atoms with Gasteiger partial charge in [0.1, 0.15) is 0 Å². The third-order valence-corrected chi connectivity index (χ3v) is 3.73. The molecule has 0 bridgehead atoms. The van der Waals surface area contributed by atoms with E-state index in [-0.39, 0.29) is 7.43 Å². The second-order valence-electron chi connectivity index (χ2n) is 4.96. The molecule has 21 heavy (non-hydrogen) atoms. The minimum atomic E-state index is 0. The van der Waals surface area contributed by atoms with Crippen molar-refractivity contribution >= 4 is 27.5 Å². The highest BCUT2D eigenvalue weighted by Crippen LogP contribution is 2.31. The number of anilines is 1. The van der Waals surface area contributed by atoms with E-state index in [1.54, 1.807) is 0 Å². The Labute approximate surface area is 124 Å². The summed E-state index contributed by atoms with van der Waals surface area (Å²) in [5.74, 6) is 0. The molecule has 4 aromatic rings. The summed E-state index contributed by atoms with van der Waals surface area (Å²) in [5, 5.41) is 2.56. The minimum absolute atomic E-state index is 0. The summed E-state index contributed by atoms with van der Waals surface area (Å²) in [6.45, 7) is 0. The van der Waals surface area contributed by atoms with Gasteiger partial charge in [0.15, 0.2) is 0 Å². The Bertz CT molecular complexity index is 849. The van der Waals surface area contributed by atoms with E-state index in [1.807, 2.05) is 12.1 Å².